The Morgan fingerprint density at radius 1 is 0.950 bits per heavy atom. The lowest BCUT2D eigenvalue weighted by atomic mass is 10.1. The zero-order valence-electron chi connectivity index (χ0n) is 22.8. The number of likely N-dealkylation sites (N-methyl/N-ethyl adjacent to an activating group) is 1. The maximum absolute atomic E-state index is 12.7. The Kier molecular flexibility index (Phi) is 7.39. The largest absolute Gasteiger partial charge is 0.377 e. The summed E-state index contributed by atoms with van der Waals surface area (Å²) in [4.78, 5) is 27.0. The van der Waals surface area contributed by atoms with Crippen molar-refractivity contribution in [1.29, 1.82) is 0 Å². The molecule has 40 heavy (non-hydrogen) atoms. The van der Waals surface area contributed by atoms with E-state index in [1.165, 1.54) is 5.69 Å². The Hall–Kier alpha value is -4.35. The quantitative estimate of drug-likeness (QED) is 0.377. The van der Waals surface area contributed by atoms with Crippen molar-refractivity contribution in [3.8, 4) is 11.4 Å². The van der Waals surface area contributed by atoms with Crippen molar-refractivity contribution < 1.29 is 9.53 Å². The van der Waals surface area contributed by atoms with E-state index in [4.69, 9.17) is 14.7 Å². The predicted molar refractivity (Wildman–Crippen MR) is 156 cm³/mol. The summed E-state index contributed by atoms with van der Waals surface area (Å²) < 4.78 is 7.27. The van der Waals surface area contributed by atoms with E-state index in [-0.39, 0.29) is 6.03 Å². The van der Waals surface area contributed by atoms with Gasteiger partial charge in [-0.05, 0) is 74.5 Å². The second kappa shape index (κ2) is 11.4. The number of hydrogen-bond donors (Lipinski definition) is 2. The average molecular weight is 540 g/mol. The number of rotatable bonds is 6. The Labute approximate surface area is 232 Å². The van der Waals surface area contributed by atoms with Crippen molar-refractivity contribution in [2.24, 2.45) is 0 Å². The molecule has 1 fully saturated rings. The molecule has 2 aromatic carbocycles. The molecule has 2 amide bonds. The molecule has 0 saturated carbocycles. The molecule has 4 heterocycles. The lowest BCUT2D eigenvalue weighted by Gasteiger charge is -2.34. The fourth-order valence-corrected chi connectivity index (χ4v) is 4.98. The first kappa shape index (κ1) is 25.9. The lowest BCUT2D eigenvalue weighted by molar-refractivity contribution is 0.161. The van der Waals surface area contributed by atoms with Gasteiger partial charge in [0.25, 0.3) is 0 Å². The lowest BCUT2D eigenvalue weighted by Crippen LogP contribution is -2.44. The molecule has 2 aliphatic heterocycles. The molecule has 4 aromatic rings. The zero-order chi connectivity index (χ0) is 27.5. The maximum atomic E-state index is 12.7. The molecule has 0 spiro atoms. The molecule has 0 unspecified atom stereocenters. The fourth-order valence-electron chi connectivity index (χ4n) is 4.98. The standard InChI is InChI=1S/C29H33N9O2/c1-3-38-28-26(34-35-38)25(20-12-18-40-19-13-20)32-27(33-28)21-4-6-22(7-5-21)30-29(39)31-23-8-10-24(11-9-23)37-16-14-36(2)15-17-37/h4-12H,3,13-19H2,1-2H3,(H2,30,31,39). The highest BCUT2D eigenvalue weighted by Gasteiger charge is 2.19. The van der Waals surface area contributed by atoms with E-state index in [1.807, 2.05) is 49.4 Å². The van der Waals surface area contributed by atoms with Gasteiger partial charge in [-0.2, -0.15) is 0 Å². The van der Waals surface area contributed by atoms with E-state index in [1.54, 1.807) is 4.68 Å². The minimum Gasteiger partial charge on any atom is -0.377 e. The SMILES string of the molecule is CCn1nnc2c(C3=CCOCC3)nc(-c3ccc(NC(=O)Nc4ccc(N5CCN(C)CC5)cc4)cc3)nc21. The number of carbonyl (C=O) groups excluding carboxylic acids is 1. The molecular weight excluding hydrogens is 506 g/mol. The van der Waals surface area contributed by atoms with Gasteiger partial charge in [-0.25, -0.2) is 19.4 Å². The number of amides is 2. The van der Waals surface area contributed by atoms with Gasteiger partial charge >= 0.3 is 6.03 Å². The predicted octanol–water partition coefficient (Wildman–Crippen LogP) is 4.11. The van der Waals surface area contributed by atoms with Gasteiger partial charge < -0.3 is 25.2 Å². The third-order valence-electron chi connectivity index (χ3n) is 7.32. The van der Waals surface area contributed by atoms with Gasteiger partial charge in [0.15, 0.2) is 17.0 Å². The normalized spacial score (nSPS) is 16.1. The Balaban J connectivity index is 1.15. The second-order valence-corrected chi connectivity index (χ2v) is 10.0. The highest BCUT2D eigenvalue weighted by Crippen LogP contribution is 2.28. The molecule has 0 radical (unpaired) electrons. The number of nitrogens with zero attached hydrogens (tertiary/aromatic N) is 7. The van der Waals surface area contributed by atoms with Crippen molar-refractivity contribution in [2.75, 3.05) is 62.0 Å². The van der Waals surface area contributed by atoms with Crippen LogP contribution in [0.25, 0.3) is 28.1 Å². The van der Waals surface area contributed by atoms with E-state index in [0.717, 1.165) is 55.1 Å². The van der Waals surface area contributed by atoms with Gasteiger partial charge in [0.1, 0.15) is 5.69 Å². The number of aromatic nitrogens is 5. The smallest absolute Gasteiger partial charge is 0.323 e. The van der Waals surface area contributed by atoms with E-state index in [2.05, 4.69) is 49.9 Å². The molecule has 2 aliphatic rings. The molecule has 206 valence electrons. The Morgan fingerprint density at radius 2 is 1.65 bits per heavy atom. The third kappa shape index (κ3) is 5.51. The van der Waals surface area contributed by atoms with Gasteiger partial charge in [-0.1, -0.05) is 11.3 Å². The summed E-state index contributed by atoms with van der Waals surface area (Å²) in [6.45, 7) is 7.99. The van der Waals surface area contributed by atoms with Crippen LogP contribution in [0.5, 0.6) is 0 Å². The van der Waals surface area contributed by atoms with Crippen LogP contribution < -0.4 is 15.5 Å². The number of aryl methyl sites for hydroxylation is 1. The number of carbonyl (C=O) groups is 1. The van der Waals surface area contributed by atoms with Crippen molar-refractivity contribution in [2.45, 2.75) is 19.9 Å². The van der Waals surface area contributed by atoms with Crippen LogP contribution >= 0.6 is 0 Å². The number of ether oxygens (including phenoxy) is 1. The molecule has 11 nitrogen and oxygen atoms in total. The molecule has 2 aromatic heterocycles. The first-order chi connectivity index (χ1) is 19.6. The van der Waals surface area contributed by atoms with Crippen molar-refractivity contribution >= 4 is 39.8 Å². The van der Waals surface area contributed by atoms with Gasteiger partial charge in [0.2, 0.25) is 0 Å². The minimum atomic E-state index is -0.301. The van der Waals surface area contributed by atoms with Crippen LogP contribution in [0.2, 0.25) is 0 Å². The number of nitrogens with one attached hydrogen (secondary N) is 2. The second-order valence-electron chi connectivity index (χ2n) is 10.0. The summed E-state index contributed by atoms with van der Waals surface area (Å²) in [7, 11) is 2.15. The molecule has 0 atom stereocenters. The van der Waals surface area contributed by atoms with Crippen LogP contribution in [0.4, 0.5) is 21.9 Å². The number of piperazine rings is 1. The van der Waals surface area contributed by atoms with Crippen LogP contribution in [-0.2, 0) is 11.3 Å². The summed E-state index contributed by atoms with van der Waals surface area (Å²) in [5.74, 6) is 0.586. The summed E-state index contributed by atoms with van der Waals surface area (Å²) in [6.07, 6.45) is 2.81. The minimum absolute atomic E-state index is 0.301. The number of benzene rings is 2. The van der Waals surface area contributed by atoms with Gasteiger partial charge in [-0.3, -0.25) is 0 Å². The van der Waals surface area contributed by atoms with E-state index >= 15 is 0 Å². The summed E-state index contributed by atoms with van der Waals surface area (Å²) in [5, 5.41) is 14.4. The Morgan fingerprint density at radius 3 is 2.30 bits per heavy atom. The third-order valence-corrected chi connectivity index (χ3v) is 7.32. The zero-order valence-corrected chi connectivity index (χ0v) is 22.8. The van der Waals surface area contributed by atoms with Gasteiger partial charge in [0.05, 0.1) is 13.2 Å². The van der Waals surface area contributed by atoms with Crippen molar-refractivity contribution in [1.82, 2.24) is 29.9 Å². The number of anilines is 3. The highest BCUT2D eigenvalue weighted by atomic mass is 16.5. The Bertz CT molecular complexity index is 1520. The monoisotopic (exact) mass is 539 g/mol. The van der Waals surface area contributed by atoms with Gasteiger partial charge in [-0.15, -0.1) is 5.10 Å². The van der Waals surface area contributed by atoms with Crippen LogP contribution in [0.1, 0.15) is 19.0 Å². The average Bonchev–Trinajstić information content (AvgIpc) is 3.41. The molecule has 6 rings (SSSR count). The summed E-state index contributed by atoms with van der Waals surface area (Å²) in [5.41, 5.74) is 6.71. The van der Waals surface area contributed by atoms with Crippen LogP contribution in [0, 0.1) is 0 Å². The van der Waals surface area contributed by atoms with Crippen LogP contribution in [0.3, 0.4) is 0 Å². The van der Waals surface area contributed by atoms with Crippen LogP contribution in [-0.4, -0.2) is 82.3 Å². The van der Waals surface area contributed by atoms with Crippen molar-refractivity contribution in [3.63, 3.8) is 0 Å². The number of fused-ring (bicyclic) bond motifs is 1. The molecule has 0 bridgehead atoms. The van der Waals surface area contributed by atoms with E-state index < -0.39 is 0 Å². The highest BCUT2D eigenvalue weighted by molar-refractivity contribution is 6.00. The molecule has 2 N–H and O–H groups in total. The van der Waals surface area contributed by atoms with E-state index in [9.17, 15) is 4.79 Å². The summed E-state index contributed by atoms with van der Waals surface area (Å²) in [6, 6.07) is 15.2. The topological polar surface area (TPSA) is 113 Å². The number of urea groups is 1. The molecule has 1 saturated heterocycles. The van der Waals surface area contributed by atoms with Crippen molar-refractivity contribution in [3.05, 3.63) is 60.3 Å². The maximum Gasteiger partial charge on any atom is 0.323 e. The van der Waals surface area contributed by atoms with Gasteiger partial charge in [0, 0.05) is 55.3 Å². The molecule has 11 heteroatoms. The van der Waals surface area contributed by atoms with Crippen LogP contribution in [0.15, 0.2) is 54.6 Å². The first-order valence-corrected chi connectivity index (χ1v) is 13.7. The first-order valence-electron chi connectivity index (χ1n) is 13.7. The van der Waals surface area contributed by atoms with E-state index in [0.29, 0.717) is 42.4 Å². The molecule has 0 aliphatic carbocycles. The summed E-state index contributed by atoms with van der Waals surface area (Å²) >= 11 is 0. The molecular formula is C29H33N9O2. The fraction of sp³-hybridized carbons (Fsp3) is 0.345. The number of hydrogen-bond acceptors (Lipinski definition) is 8.